The average Bonchev–Trinajstić information content (AvgIpc) is 3.66. The summed E-state index contributed by atoms with van der Waals surface area (Å²) in [6.45, 7) is 11.7. The minimum Gasteiger partial charge on any atom is -0.457 e. The zero-order valence-corrected chi connectivity index (χ0v) is 26.7. The normalized spacial score (nSPS) is 24.2. The summed E-state index contributed by atoms with van der Waals surface area (Å²) in [7, 11) is 0. The Balaban J connectivity index is 0.895. The fraction of sp³-hybridized carbons (Fsp3) is 0.486. The third-order valence-corrected chi connectivity index (χ3v) is 10.2. The number of hydrogen-bond donors (Lipinski definition) is 1. The third-order valence-electron chi connectivity index (χ3n) is 10.2. The maximum absolute atomic E-state index is 12.3. The molecule has 2 N–H and O–H groups in total. The van der Waals surface area contributed by atoms with Gasteiger partial charge in [-0.1, -0.05) is 18.2 Å². The Morgan fingerprint density at radius 3 is 2.11 bits per heavy atom. The number of fused-ring (bicyclic) bond motifs is 2. The molecule has 4 aliphatic rings. The Hall–Kier alpha value is -4.22. The largest absolute Gasteiger partial charge is 0.457 e. The molecule has 1 aliphatic carbocycles. The van der Waals surface area contributed by atoms with Crippen LogP contribution < -0.4 is 10.5 Å². The topological polar surface area (TPSA) is 115 Å². The van der Waals surface area contributed by atoms with Crippen LogP contribution in [0, 0.1) is 11.8 Å². The molecule has 46 heavy (non-hydrogen) atoms. The lowest BCUT2D eigenvalue weighted by Gasteiger charge is -2.53. The van der Waals surface area contributed by atoms with Gasteiger partial charge in [0.1, 0.15) is 34.9 Å². The van der Waals surface area contributed by atoms with Gasteiger partial charge in [0.15, 0.2) is 5.65 Å². The molecule has 2 aromatic carbocycles. The average molecular weight is 623 g/mol. The van der Waals surface area contributed by atoms with Crippen LogP contribution >= 0.6 is 0 Å². The number of para-hydroxylation sites is 1. The number of aromatic nitrogens is 4. The summed E-state index contributed by atoms with van der Waals surface area (Å²) < 4.78 is 13.6. The quantitative estimate of drug-likeness (QED) is 0.315. The van der Waals surface area contributed by atoms with E-state index in [-0.39, 0.29) is 12.1 Å². The molecule has 5 heterocycles. The molecule has 4 fully saturated rings. The van der Waals surface area contributed by atoms with E-state index in [1.807, 2.05) is 80.3 Å². The van der Waals surface area contributed by atoms with Gasteiger partial charge in [0, 0.05) is 56.9 Å². The van der Waals surface area contributed by atoms with E-state index in [4.69, 9.17) is 20.3 Å². The van der Waals surface area contributed by atoms with Gasteiger partial charge in [0.2, 0.25) is 0 Å². The number of nitrogen functional groups attached to an aromatic ring is 1. The fourth-order valence-electron chi connectivity index (χ4n) is 7.74. The summed E-state index contributed by atoms with van der Waals surface area (Å²) in [5.74, 6) is 3.33. The van der Waals surface area contributed by atoms with Crippen molar-refractivity contribution in [2.45, 2.75) is 57.3 Å². The van der Waals surface area contributed by atoms with Crippen LogP contribution in [0.1, 0.15) is 39.7 Å². The van der Waals surface area contributed by atoms with E-state index in [9.17, 15) is 4.79 Å². The molecule has 1 saturated carbocycles. The molecule has 1 amide bonds. The number of ether oxygens (including phenoxy) is 2. The van der Waals surface area contributed by atoms with Gasteiger partial charge in [0.25, 0.3) is 0 Å². The van der Waals surface area contributed by atoms with E-state index >= 15 is 0 Å². The smallest absolute Gasteiger partial charge is 0.410 e. The van der Waals surface area contributed by atoms with Crippen LogP contribution in [0.2, 0.25) is 0 Å². The summed E-state index contributed by atoms with van der Waals surface area (Å²) in [6.07, 6.45) is 3.54. The van der Waals surface area contributed by atoms with Crippen molar-refractivity contribution in [2.24, 2.45) is 11.8 Å². The summed E-state index contributed by atoms with van der Waals surface area (Å²) in [5, 5.41) is 5.96. The third kappa shape index (κ3) is 5.45. The summed E-state index contributed by atoms with van der Waals surface area (Å²) in [6, 6.07) is 19.1. The molecule has 0 radical (unpaired) electrons. The molecule has 2 aromatic heterocycles. The van der Waals surface area contributed by atoms with Crippen LogP contribution in [0.3, 0.4) is 0 Å². The maximum Gasteiger partial charge on any atom is 0.410 e. The summed E-state index contributed by atoms with van der Waals surface area (Å²) >= 11 is 0. The van der Waals surface area contributed by atoms with E-state index in [1.165, 1.54) is 0 Å². The first-order valence-electron chi connectivity index (χ1n) is 16.5. The first-order chi connectivity index (χ1) is 22.2. The van der Waals surface area contributed by atoms with Gasteiger partial charge in [0.05, 0.1) is 11.4 Å². The second-order valence-electron chi connectivity index (χ2n) is 14.4. The predicted molar refractivity (Wildman–Crippen MR) is 175 cm³/mol. The molecule has 3 aliphatic heterocycles. The Labute approximate surface area is 269 Å². The minimum absolute atomic E-state index is 0.194. The highest BCUT2D eigenvalue weighted by atomic mass is 16.6. The molecule has 11 nitrogen and oxygen atoms in total. The number of amides is 1. The zero-order chi connectivity index (χ0) is 31.6. The van der Waals surface area contributed by atoms with E-state index in [0.717, 1.165) is 85.9 Å². The number of rotatable bonds is 6. The van der Waals surface area contributed by atoms with Crippen LogP contribution in [-0.2, 0) is 4.74 Å². The number of nitrogens with zero attached hydrogens (tertiary/aromatic N) is 7. The van der Waals surface area contributed by atoms with Gasteiger partial charge in [-0.05, 0) is 81.8 Å². The molecular weight excluding hydrogens is 580 g/mol. The van der Waals surface area contributed by atoms with Crippen molar-refractivity contribution < 1.29 is 14.3 Å². The number of nitrogens with two attached hydrogens (primary N) is 1. The van der Waals surface area contributed by atoms with Crippen molar-refractivity contribution in [3.8, 4) is 22.8 Å². The molecule has 1 unspecified atom stereocenters. The van der Waals surface area contributed by atoms with Gasteiger partial charge in [-0.25, -0.2) is 19.4 Å². The van der Waals surface area contributed by atoms with E-state index in [1.54, 1.807) is 6.33 Å². The maximum atomic E-state index is 12.3. The number of likely N-dealkylation sites (tertiary alicyclic amines) is 3. The van der Waals surface area contributed by atoms with Crippen molar-refractivity contribution in [1.82, 2.24) is 34.4 Å². The number of hydrogen-bond acceptors (Lipinski definition) is 9. The Morgan fingerprint density at radius 2 is 1.43 bits per heavy atom. The molecule has 3 saturated heterocycles. The standard InChI is InChI=1S/C35H42N8O3/c1-35(2,3)46-34(44)42-19-27(20-42)41-17-26(18-41)40-15-23-13-25(14-24(23)16-40)43-33-30(32(36)37-21-38-33)31(39-43)22-9-11-29(12-10-22)45-28-7-5-4-6-8-28/h4-12,21,23-27H,13-20H2,1-3H3,(H2,36,37,38)/t23-,24+,25?. The second-order valence-corrected chi connectivity index (χ2v) is 14.4. The molecule has 8 rings (SSSR count). The minimum atomic E-state index is -0.449. The van der Waals surface area contributed by atoms with Crippen molar-refractivity contribution >= 4 is 22.9 Å². The van der Waals surface area contributed by atoms with E-state index < -0.39 is 5.60 Å². The van der Waals surface area contributed by atoms with E-state index in [0.29, 0.717) is 29.7 Å². The number of benzene rings is 2. The van der Waals surface area contributed by atoms with Gasteiger partial charge in [-0.15, -0.1) is 0 Å². The van der Waals surface area contributed by atoms with Crippen LogP contribution in [0.25, 0.3) is 22.3 Å². The monoisotopic (exact) mass is 622 g/mol. The van der Waals surface area contributed by atoms with Gasteiger partial charge in [-0.2, -0.15) is 5.10 Å². The van der Waals surface area contributed by atoms with Crippen LogP contribution in [0.15, 0.2) is 60.9 Å². The Kier molecular flexibility index (Phi) is 7.13. The highest BCUT2D eigenvalue weighted by Crippen LogP contribution is 2.46. The molecule has 11 heteroatoms. The Morgan fingerprint density at radius 1 is 0.804 bits per heavy atom. The second kappa shape index (κ2) is 11.2. The van der Waals surface area contributed by atoms with Crippen molar-refractivity contribution in [3.63, 3.8) is 0 Å². The molecule has 0 spiro atoms. The number of anilines is 1. The summed E-state index contributed by atoms with van der Waals surface area (Å²) in [4.78, 5) is 28.4. The number of carbonyl (C=O) groups excluding carboxylic acids is 1. The SMILES string of the molecule is CC(C)(C)OC(=O)N1CC(N2CC(N3C[C@H]4CC(n5nc(-c6ccc(Oc7ccccc7)cc6)c6c(N)ncnc65)C[C@H]4C3)C2)C1. The van der Waals surface area contributed by atoms with E-state index in [2.05, 4.69) is 24.4 Å². The first-order valence-corrected chi connectivity index (χ1v) is 16.5. The first kappa shape index (κ1) is 29.2. The summed E-state index contributed by atoms with van der Waals surface area (Å²) in [5.41, 5.74) is 8.57. The molecule has 0 bridgehead atoms. The number of carbonyl (C=O) groups is 1. The van der Waals surface area contributed by atoms with Gasteiger partial charge < -0.3 is 20.1 Å². The van der Waals surface area contributed by atoms with Crippen LogP contribution in [0.4, 0.5) is 10.6 Å². The lowest BCUT2D eigenvalue weighted by atomic mass is 9.99. The van der Waals surface area contributed by atoms with Crippen LogP contribution in [0.5, 0.6) is 11.5 Å². The molecule has 240 valence electrons. The van der Waals surface area contributed by atoms with Crippen molar-refractivity contribution in [3.05, 3.63) is 60.9 Å². The van der Waals surface area contributed by atoms with Gasteiger partial charge >= 0.3 is 6.09 Å². The fourth-order valence-corrected chi connectivity index (χ4v) is 7.74. The molecule has 4 aromatic rings. The molecular formula is C35H42N8O3. The lowest BCUT2D eigenvalue weighted by Crippen LogP contribution is -2.70. The molecule has 3 atom stereocenters. The zero-order valence-electron chi connectivity index (χ0n) is 26.7. The van der Waals surface area contributed by atoms with Gasteiger partial charge in [-0.3, -0.25) is 9.80 Å². The predicted octanol–water partition coefficient (Wildman–Crippen LogP) is 5.05. The van der Waals surface area contributed by atoms with Crippen LogP contribution in [-0.4, -0.2) is 97.5 Å². The highest BCUT2D eigenvalue weighted by Gasteiger charge is 2.48. The highest BCUT2D eigenvalue weighted by molar-refractivity contribution is 5.98. The Bertz CT molecular complexity index is 1710. The van der Waals surface area contributed by atoms with Crippen molar-refractivity contribution in [2.75, 3.05) is 45.0 Å². The van der Waals surface area contributed by atoms with Crippen molar-refractivity contribution in [1.29, 1.82) is 0 Å². The lowest BCUT2D eigenvalue weighted by molar-refractivity contribution is -0.0553.